The van der Waals surface area contributed by atoms with Crippen LogP contribution in [0.15, 0.2) is 12.4 Å². The summed E-state index contributed by atoms with van der Waals surface area (Å²) in [4.78, 5) is 4.38. The third-order valence-corrected chi connectivity index (χ3v) is 4.55. The number of aryl methyl sites for hydroxylation is 1. The Morgan fingerprint density at radius 3 is 3.00 bits per heavy atom. The number of aliphatic hydroxyl groups is 1. The number of hydrogen-bond donors (Lipinski definition) is 1. The first kappa shape index (κ1) is 15.5. The first-order valence-corrected chi connectivity index (χ1v) is 7.93. The maximum atomic E-state index is 10.8. The lowest BCUT2D eigenvalue weighted by Crippen LogP contribution is -2.49. The third kappa shape index (κ3) is 3.23. The van der Waals surface area contributed by atoms with Crippen LogP contribution in [0.25, 0.3) is 0 Å². The Morgan fingerprint density at radius 2 is 2.35 bits per heavy atom. The van der Waals surface area contributed by atoms with Crippen LogP contribution < -0.4 is 0 Å². The van der Waals surface area contributed by atoms with Gasteiger partial charge in [-0.15, -0.1) is 0 Å². The van der Waals surface area contributed by atoms with E-state index in [0.29, 0.717) is 18.9 Å². The molecule has 1 aromatic rings. The van der Waals surface area contributed by atoms with E-state index in [9.17, 15) is 5.11 Å². The Balaban J connectivity index is 2.12. The fraction of sp³-hybridized carbons (Fsp3) is 0.812. The van der Waals surface area contributed by atoms with Crippen LogP contribution in [-0.2, 0) is 17.7 Å². The minimum Gasteiger partial charge on any atom is -0.390 e. The van der Waals surface area contributed by atoms with E-state index in [1.807, 2.05) is 19.3 Å². The van der Waals surface area contributed by atoms with Gasteiger partial charge < -0.3 is 14.4 Å². The quantitative estimate of drug-likeness (QED) is 0.871. The van der Waals surface area contributed by atoms with E-state index < -0.39 is 6.10 Å². The van der Waals surface area contributed by atoms with Crippen molar-refractivity contribution in [2.45, 2.75) is 71.1 Å². The van der Waals surface area contributed by atoms with Crippen LogP contribution >= 0.6 is 0 Å². The van der Waals surface area contributed by atoms with Crippen molar-refractivity contribution in [2.75, 3.05) is 6.61 Å². The van der Waals surface area contributed by atoms with Crippen LogP contribution in [0.3, 0.4) is 0 Å². The highest BCUT2D eigenvalue weighted by molar-refractivity contribution is 5.01. The molecule has 4 heteroatoms. The number of aliphatic hydroxyl groups excluding tert-OH is 1. The van der Waals surface area contributed by atoms with Crippen LogP contribution in [0.4, 0.5) is 0 Å². The normalized spacial score (nSPS) is 28.5. The molecular formula is C16H28N2O2. The summed E-state index contributed by atoms with van der Waals surface area (Å²) < 4.78 is 8.13. The first-order chi connectivity index (χ1) is 9.61. The fourth-order valence-electron chi connectivity index (χ4n) is 3.54. The van der Waals surface area contributed by atoms with E-state index in [1.165, 1.54) is 6.42 Å². The molecule has 2 rings (SSSR count). The maximum absolute atomic E-state index is 10.8. The van der Waals surface area contributed by atoms with E-state index >= 15 is 0 Å². The molecule has 20 heavy (non-hydrogen) atoms. The second-order valence-corrected chi connectivity index (χ2v) is 6.05. The summed E-state index contributed by atoms with van der Waals surface area (Å²) in [6.45, 7) is 7.91. The van der Waals surface area contributed by atoms with Crippen LogP contribution in [0.5, 0.6) is 0 Å². The largest absolute Gasteiger partial charge is 0.390 e. The molecule has 1 saturated carbocycles. The van der Waals surface area contributed by atoms with Gasteiger partial charge >= 0.3 is 0 Å². The summed E-state index contributed by atoms with van der Waals surface area (Å²) in [5.41, 5.74) is -0.378. The molecule has 0 aromatic carbocycles. The fourth-order valence-corrected chi connectivity index (χ4v) is 3.54. The minimum atomic E-state index is -0.474. The Labute approximate surface area is 122 Å². The molecule has 1 fully saturated rings. The second kappa shape index (κ2) is 6.72. The SMILES string of the molecule is CCOC1(C(O)Cc2nccn2CC)CCCC(C)C1. The summed E-state index contributed by atoms with van der Waals surface area (Å²) in [5.74, 6) is 1.58. The highest BCUT2D eigenvalue weighted by Gasteiger charge is 2.42. The number of ether oxygens (including phenoxy) is 1. The lowest BCUT2D eigenvalue weighted by Gasteiger charge is -2.43. The molecule has 114 valence electrons. The predicted molar refractivity (Wildman–Crippen MR) is 79.6 cm³/mol. The summed E-state index contributed by atoms with van der Waals surface area (Å²) in [6.07, 6.45) is 8.17. The molecule has 0 amide bonds. The average Bonchev–Trinajstić information content (AvgIpc) is 2.86. The van der Waals surface area contributed by atoms with Crippen LogP contribution in [0, 0.1) is 5.92 Å². The van der Waals surface area contributed by atoms with Crippen molar-refractivity contribution in [2.24, 2.45) is 5.92 Å². The Hall–Kier alpha value is -0.870. The molecule has 0 saturated heterocycles. The van der Waals surface area contributed by atoms with Gasteiger partial charge in [-0.2, -0.15) is 0 Å². The number of hydrogen-bond acceptors (Lipinski definition) is 3. The molecule has 3 atom stereocenters. The van der Waals surface area contributed by atoms with E-state index in [4.69, 9.17) is 4.74 Å². The summed E-state index contributed by atoms with van der Waals surface area (Å²) >= 11 is 0. The zero-order chi connectivity index (χ0) is 14.6. The lowest BCUT2D eigenvalue weighted by molar-refractivity contribution is -0.147. The molecule has 3 unspecified atom stereocenters. The van der Waals surface area contributed by atoms with Gasteiger partial charge in [-0.25, -0.2) is 4.98 Å². The molecule has 4 nitrogen and oxygen atoms in total. The summed E-state index contributed by atoms with van der Waals surface area (Å²) in [6, 6.07) is 0. The van der Waals surface area contributed by atoms with Crippen molar-refractivity contribution >= 4 is 0 Å². The average molecular weight is 280 g/mol. The van der Waals surface area contributed by atoms with Gasteiger partial charge in [0.05, 0.1) is 11.7 Å². The van der Waals surface area contributed by atoms with Crippen molar-refractivity contribution in [3.05, 3.63) is 18.2 Å². The third-order valence-electron chi connectivity index (χ3n) is 4.55. The van der Waals surface area contributed by atoms with Crippen LogP contribution in [-0.4, -0.2) is 33.0 Å². The molecule has 0 bridgehead atoms. The van der Waals surface area contributed by atoms with Gasteiger partial charge in [-0.1, -0.05) is 19.8 Å². The topological polar surface area (TPSA) is 47.3 Å². The minimum absolute atomic E-state index is 0.378. The second-order valence-electron chi connectivity index (χ2n) is 6.05. The van der Waals surface area contributed by atoms with Crippen LogP contribution in [0.2, 0.25) is 0 Å². The molecule has 1 aliphatic carbocycles. The van der Waals surface area contributed by atoms with Gasteiger partial charge in [0.25, 0.3) is 0 Å². The molecule has 1 N–H and O–H groups in total. The van der Waals surface area contributed by atoms with E-state index in [2.05, 4.69) is 23.4 Å². The predicted octanol–water partition coefficient (Wildman–Crippen LogP) is 2.79. The number of nitrogens with zero attached hydrogens (tertiary/aromatic N) is 2. The Kier molecular flexibility index (Phi) is 5.22. The molecular weight excluding hydrogens is 252 g/mol. The summed E-state index contributed by atoms with van der Waals surface area (Å²) in [7, 11) is 0. The molecule has 0 spiro atoms. The van der Waals surface area contributed by atoms with E-state index in [-0.39, 0.29) is 5.60 Å². The smallest absolute Gasteiger partial charge is 0.111 e. The number of aromatic nitrogens is 2. The van der Waals surface area contributed by atoms with Crippen molar-refractivity contribution in [3.8, 4) is 0 Å². The van der Waals surface area contributed by atoms with Gasteiger partial charge in [0.2, 0.25) is 0 Å². The standard InChI is InChI=1S/C16H28N2O2/c1-4-18-10-9-17-15(18)11-14(19)16(20-5-2)8-6-7-13(3)12-16/h9-10,13-14,19H,4-8,11-12H2,1-3H3. The monoisotopic (exact) mass is 280 g/mol. The first-order valence-electron chi connectivity index (χ1n) is 7.93. The van der Waals surface area contributed by atoms with Gasteiger partial charge in [-0.05, 0) is 32.6 Å². The molecule has 0 radical (unpaired) electrons. The van der Waals surface area contributed by atoms with E-state index in [0.717, 1.165) is 31.6 Å². The zero-order valence-electron chi connectivity index (χ0n) is 13.0. The van der Waals surface area contributed by atoms with Crippen molar-refractivity contribution in [1.29, 1.82) is 0 Å². The number of imidazole rings is 1. The Bertz CT molecular complexity index is 414. The van der Waals surface area contributed by atoms with Gasteiger partial charge in [0, 0.05) is 32.0 Å². The zero-order valence-corrected chi connectivity index (χ0v) is 13.0. The molecule has 1 aliphatic rings. The Morgan fingerprint density at radius 1 is 1.55 bits per heavy atom. The summed E-state index contributed by atoms with van der Waals surface area (Å²) in [5, 5.41) is 10.8. The van der Waals surface area contributed by atoms with E-state index in [1.54, 1.807) is 0 Å². The van der Waals surface area contributed by atoms with Crippen LogP contribution in [0.1, 0.15) is 52.3 Å². The van der Waals surface area contributed by atoms with Gasteiger partial charge in [0.1, 0.15) is 5.82 Å². The van der Waals surface area contributed by atoms with Gasteiger partial charge in [0.15, 0.2) is 0 Å². The maximum Gasteiger partial charge on any atom is 0.111 e. The molecule has 1 aromatic heterocycles. The van der Waals surface area contributed by atoms with Gasteiger partial charge in [-0.3, -0.25) is 0 Å². The molecule has 0 aliphatic heterocycles. The number of rotatable bonds is 6. The van der Waals surface area contributed by atoms with Crippen molar-refractivity contribution in [3.63, 3.8) is 0 Å². The lowest BCUT2D eigenvalue weighted by atomic mass is 9.74. The highest BCUT2D eigenvalue weighted by Crippen LogP contribution is 2.38. The molecule has 1 heterocycles. The highest BCUT2D eigenvalue weighted by atomic mass is 16.5. The van der Waals surface area contributed by atoms with Crippen molar-refractivity contribution < 1.29 is 9.84 Å². The van der Waals surface area contributed by atoms with Crippen molar-refractivity contribution in [1.82, 2.24) is 9.55 Å².